The molecular weight excluding hydrogens is 472 g/mol. The number of unbranched alkanes of at least 4 members (excludes halogenated alkanes) is 1. The summed E-state index contributed by atoms with van der Waals surface area (Å²) in [5, 5.41) is 9.80. The maximum atomic E-state index is 13.3. The van der Waals surface area contributed by atoms with Crippen molar-refractivity contribution in [3.8, 4) is 6.07 Å². The van der Waals surface area contributed by atoms with E-state index in [1.165, 1.54) is 11.8 Å². The molecule has 3 saturated heterocycles. The molecule has 0 aromatic carbocycles. The molecule has 3 aliphatic heterocycles. The SMILES string of the molecule is CCCCn1c(N2CCOCC2)c(C=C2SC(=S)N(CC3CCCO3)C2=O)c(C)c(C#N)c1=O. The molecule has 1 atom stereocenters. The van der Waals surface area contributed by atoms with E-state index in [1.54, 1.807) is 16.4 Å². The molecule has 1 aromatic heterocycles. The molecule has 4 rings (SSSR count). The Bertz CT molecular complexity index is 1100. The molecule has 0 bridgehead atoms. The molecule has 3 aliphatic rings. The number of hydrogen-bond acceptors (Lipinski definition) is 8. The summed E-state index contributed by atoms with van der Waals surface area (Å²) in [7, 11) is 0. The van der Waals surface area contributed by atoms with E-state index in [1.807, 2.05) is 6.08 Å². The van der Waals surface area contributed by atoms with E-state index in [0.717, 1.165) is 37.1 Å². The molecule has 8 nitrogen and oxygen atoms in total. The van der Waals surface area contributed by atoms with Crippen molar-refractivity contribution in [2.45, 2.75) is 52.2 Å². The van der Waals surface area contributed by atoms with Crippen LogP contribution in [0.15, 0.2) is 9.70 Å². The summed E-state index contributed by atoms with van der Waals surface area (Å²) < 4.78 is 13.5. The Labute approximate surface area is 209 Å². The maximum Gasteiger partial charge on any atom is 0.270 e. The summed E-state index contributed by atoms with van der Waals surface area (Å²) in [5.74, 6) is 0.602. The first-order valence-corrected chi connectivity index (χ1v) is 13.1. The van der Waals surface area contributed by atoms with Gasteiger partial charge >= 0.3 is 0 Å². The molecule has 1 unspecified atom stereocenters. The van der Waals surface area contributed by atoms with E-state index >= 15 is 0 Å². The van der Waals surface area contributed by atoms with Crippen molar-refractivity contribution in [2.75, 3.05) is 44.4 Å². The topological polar surface area (TPSA) is 87.8 Å². The Kier molecular flexibility index (Phi) is 8.09. The highest BCUT2D eigenvalue weighted by molar-refractivity contribution is 8.26. The van der Waals surface area contributed by atoms with E-state index in [2.05, 4.69) is 17.9 Å². The van der Waals surface area contributed by atoms with E-state index < -0.39 is 0 Å². The Hall–Kier alpha value is -2.19. The number of aromatic nitrogens is 1. The Morgan fingerprint density at radius 2 is 2.03 bits per heavy atom. The number of nitrogens with zero attached hydrogens (tertiary/aromatic N) is 4. The number of thiocarbonyl (C=S) groups is 1. The molecular formula is C24H30N4O4S2. The van der Waals surface area contributed by atoms with Gasteiger partial charge in [-0.05, 0) is 37.8 Å². The van der Waals surface area contributed by atoms with Gasteiger partial charge in [0.05, 0.1) is 30.8 Å². The number of ether oxygens (including phenoxy) is 2. The third-order valence-electron chi connectivity index (χ3n) is 6.45. The van der Waals surface area contributed by atoms with Crippen LogP contribution in [0.5, 0.6) is 0 Å². The maximum absolute atomic E-state index is 13.3. The molecule has 4 heterocycles. The summed E-state index contributed by atoms with van der Waals surface area (Å²) >= 11 is 6.79. The lowest BCUT2D eigenvalue weighted by Crippen LogP contribution is -2.41. The van der Waals surface area contributed by atoms with Crippen LogP contribution in [-0.2, 0) is 20.8 Å². The van der Waals surface area contributed by atoms with Crippen LogP contribution in [0.4, 0.5) is 5.82 Å². The molecule has 10 heteroatoms. The van der Waals surface area contributed by atoms with Gasteiger partial charge in [-0.1, -0.05) is 37.3 Å². The van der Waals surface area contributed by atoms with E-state index in [9.17, 15) is 14.9 Å². The van der Waals surface area contributed by atoms with Crippen molar-refractivity contribution in [1.82, 2.24) is 9.47 Å². The number of rotatable bonds is 7. The van der Waals surface area contributed by atoms with Crippen molar-refractivity contribution in [2.24, 2.45) is 0 Å². The average Bonchev–Trinajstić information content (AvgIpc) is 3.45. The van der Waals surface area contributed by atoms with Gasteiger partial charge in [0.1, 0.15) is 21.8 Å². The number of hydrogen-bond donors (Lipinski definition) is 0. The van der Waals surface area contributed by atoms with Gasteiger partial charge < -0.3 is 14.4 Å². The molecule has 3 fully saturated rings. The summed E-state index contributed by atoms with van der Waals surface area (Å²) in [5.41, 5.74) is 1.16. The zero-order valence-corrected chi connectivity index (χ0v) is 21.3. The van der Waals surface area contributed by atoms with Gasteiger partial charge in [-0.3, -0.25) is 19.1 Å². The molecule has 182 valence electrons. The van der Waals surface area contributed by atoms with Crippen LogP contribution >= 0.6 is 24.0 Å². The van der Waals surface area contributed by atoms with Crippen molar-refractivity contribution in [1.29, 1.82) is 5.26 Å². The minimum atomic E-state index is -0.280. The Morgan fingerprint density at radius 1 is 1.26 bits per heavy atom. The highest BCUT2D eigenvalue weighted by Gasteiger charge is 2.35. The molecule has 0 N–H and O–H groups in total. The van der Waals surface area contributed by atoms with Gasteiger partial charge in [0, 0.05) is 31.8 Å². The van der Waals surface area contributed by atoms with Gasteiger partial charge in [-0.25, -0.2) is 0 Å². The number of morpholine rings is 1. The number of nitriles is 1. The second-order valence-corrected chi connectivity index (χ2v) is 10.4. The standard InChI is InChI=1S/C24H30N4O4S2/c1-3-4-7-27-21(26-8-11-31-12-9-26)18(16(2)19(14-25)22(27)29)13-20-23(30)28(24(33)34-20)15-17-6-5-10-32-17/h13,17H,3-12,15H2,1-2H3. The summed E-state index contributed by atoms with van der Waals surface area (Å²) in [6.45, 7) is 7.93. The fraction of sp³-hybridized carbons (Fsp3) is 0.583. The Balaban J connectivity index is 1.80. The van der Waals surface area contributed by atoms with Crippen LogP contribution < -0.4 is 10.5 Å². The highest BCUT2D eigenvalue weighted by Crippen LogP contribution is 2.36. The van der Waals surface area contributed by atoms with E-state index in [0.29, 0.717) is 60.8 Å². The van der Waals surface area contributed by atoms with Gasteiger partial charge in [-0.2, -0.15) is 5.26 Å². The lowest BCUT2D eigenvalue weighted by molar-refractivity contribution is -0.123. The number of amides is 1. The summed E-state index contributed by atoms with van der Waals surface area (Å²) in [6, 6.07) is 2.10. The number of pyridine rings is 1. The second kappa shape index (κ2) is 11.0. The first-order chi connectivity index (χ1) is 16.5. The zero-order chi connectivity index (χ0) is 24.2. The molecule has 1 amide bonds. The van der Waals surface area contributed by atoms with Gasteiger partial charge in [0.15, 0.2) is 0 Å². The first kappa shape index (κ1) is 24.9. The van der Waals surface area contributed by atoms with Crippen LogP contribution in [0.1, 0.15) is 49.3 Å². The number of anilines is 1. The third-order valence-corrected chi connectivity index (χ3v) is 7.83. The molecule has 0 radical (unpaired) electrons. The minimum Gasteiger partial charge on any atom is -0.378 e. The van der Waals surface area contributed by atoms with Crippen LogP contribution in [0.25, 0.3) is 6.08 Å². The average molecular weight is 503 g/mol. The molecule has 0 spiro atoms. The molecule has 34 heavy (non-hydrogen) atoms. The van der Waals surface area contributed by atoms with Crippen molar-refractivity contribution in [3.05, 3.63) is 31.9 Å². The van der Waals surface area contributed by atoms with Crippen LogP contribution in [-0.4, -0.2) is 65.3 Å². The van der Waals surface area contributed by atoms with Crippen LogP contribution in [0.3, 0.4) is 0 Å². The minimum absolute atomic E-state index is 0.00800. The molecule has 0 saturated carbocycles. The van der Waals surface area contributed by atoms with Crippen molar-refractivity contribution >= 4 is 46.1 Å². The smallest absolute Gasteiger partial charge is 0.270 e. The van der Waals surface area contributed by atoms with Gasteiger partial charge in [-0.15, -0.1) is 0 Å². The van der Waals surface area contributed by atoms with Crippen LogP contribution in [0, 0.1) is 18.3 Å². The highest BCUT2D eigenvalue weighted by atomic mass is 32.2. The van der Waals surface area contributed by atoms with Crippen molar-refractivity contribution in [3.63, 3.8) is 0 Å². The lowest BCUT2D eigenvalue weighted by Gasteiger charge is -2.33. The van der Waals surface area contributed by atoms with E-state index in [4.69, 9.17) is 21.7 Å². The number of carbonyl (C=O) groups is 1. The number of carbonyl (C=O) groups excluding carboxylic acids is 1. The predicted molar refractivity (Wildman–Crippen MR) is 137 cm³/mol. The normalized spacial score (nSPS) is 22.1. The fourth-order valence-electron chi connectivity index (χ4n) is 4.56. The van der Waals surface area contributed by atoms with E-state index in [-0.39, 0.29) is 23.1 Å². The lowest BCUT2D eigenvalue weighted by atomic mass is 10.0. The van der Waals surface area contributed by atoms with Gasteiger partial charge in [0.25, 0.3) is 11.5 Å². The summed E-state index contributed by atoms with van der Waals surface area (Å²) in [6.07, 6.45) is 5.47. The largest absolute Gasteiger partial charge is 0.378 e. The quantitative estimate of drug-likeness (QED) is 0.415. The van der Waals surface area contributed by atoms with Gasteiger partial charge in [0.2, 0.25) is 0 Å². The molecule has 0 aliphatic carbocycles. The monoisotopic (exact) mass is 502 g/mol. The molecule has 1 aromatic rings. The predicted octanol–water partition coefficient (Wildman–Crippen LogP) is 3.05. The second-order valence-electron chi connectivity index (χ2n) is 8.69. The zero-order valence-electron chi connectivity index (χ0n) is 19.7. The first-order valence-electron chi connectivity index (χ1n) is 11.8. The Morgan fingerprint density at radius 3 is 2.68 bits per heavy atom. The third kappa shape index (κ3) is 4.93. The summed E-state index contributed by atoms with van der Waals surface area (Å²) in [4.78, 5) is 30.9. The van der Waals surface area contributed by atoms with Crippen molar-refractivity contribution < 1.29 is 14.3 Å². The fourth-order valence-corrected chi connectivity index (χ4v) is 5.82. The van der Waals surface area contributed by atoms with Crippen LogP contribution in [0.2, 0.25) is 0 Å². The number of thioether (sulfide) groups is 1.